The molecule has 1 atom stereocenters. The highest BCUT2D eigenvalue weighted by molar-refractivity contribution is 5.97. The fourth-order valence-electron chi connectivity index (χ4n) is 2.30. The summed E-state index contributed by atoms with van der Waals surface area (Å²) in [4.78, 5) is 25.1. The summed E-state index contributed by atoms with van der Waals surface area (Å²) in [6.45, 7) is -0.346. The second kappa shape index (κ2) is 8.79. The van der Waals surface area contributed by atoms with Crippen molar-refractivity contribution in [1.82, 2.24) is 5.32 Å². The first-order valence-corrected chi connectivity index (χ1v) is 7.62. The van der Waals surface area contributed by atoms with Crippen molar-refractivity contribution < 1.29 is 27.5 Å². The standard InChI is InChI=1S/C15H19F3N4O3/c16-10-5-9(22-3-4-25-8-14(22)23)1-2-11(10)21-15(24)12(6-19)20-7-13(17)18/h1-2,5,12-13,20H,3-4,6-8,19H2,(H,21,24)/t12-/m0/s1. The Labute approximate surface area is 142 Å². The number of nitrogens with zero attached hydrogens (tertiary/aromatic N) is 1. The molecular weight excluding hydrogens is 341 g/mol. The van der Waals surface area contributed by atoms with Gasteiger partial charge in [-0.15, -0.1) is 0 Å². The first kappa shape index (κ1) is 19.2. The Bertz CT molecular complexity index is 630. The Morgan fingerprint density at radius 1 is 1.40 bits per heavy atom. The molecule has 2 amide bonds. The van der Waals surface area contributed by atoms with E-state index in [0.717, 1.165) is 6.07 Å². The lowest BCUT2D eigenvalue weighted by molar-refractivity contribution is -0.125. The number of ether oxygens (including phenoxy) is 1. The first-order valence-electron chi connectivity index (χ1n) is 7.62. The Hall–Kier alpha value is -2.17. The maximum Gasteiger partial charge on any atom is 0.253 e. The molecule has 1 aliphatic rings. The number of halogens is 3. The van der Waals surface area contributed by atoms with Gasteiger partial charge < -0.3 is 20.7 Å². The summed E-state index contributed by atoms with van der Waals surface area (Å²) in [5.74, 6) is -1.77. The molecule has 138 valence electrons. The molecule has 2 rings (SSSR count). The SMILES string of the molecule is NC[C@H](NCC(F)F)C(=O)Nc1ccc(N2CCOCC2=O)cc1F. The summed E-state index contributed by atoms with van der Waals surface area (Å²) >= 11 is 0. The van der Waals surface area contributed by atoms with Crippen molar-refractivity contribution in [2.75, 3.05) is 43.1 Å². The van der Waals surface area contributed by atoms with Gasteiger partial charge in [-0.2, -0.15) is 0 Å². The van der Waals surface area contributed by atoms with E-state index in [1.165, 1.54) is 17.0 Å². The van der Waals surface area contributed by atoms with E-state index in [1.807, 2.05) is 0 Å². The number of amides is 2. The smallest absolute Gasteiger partial charge is 0.253 e. The van der Waals surface area contributed by atoms with Gasteiger partial charge in [0.1, 0.15) is 12.4 Å². The summed E-state index contributed by atoms with van der Waals surface area (Å²) in [5.41, 5.74) is 5.58. The molecule has 0 unspecified atom stereocenters. The number of benzene rings is 1. The third kappa shape index (κ3) is 5.15. The van der Waals surface area contributed by atoms with Crippen molar-refractivity contribution in [2.45, 2.75) is 12.5 Å². The van der Waals surface area contributed by atoms with Crippen molar-refractivity contribution in [1.29, 1.82) is 0 Å². The van der Waals surface area contributed by atoms with Crippen LogP contribution < -0.4 is 21.3 Å². The van der Waals surface area contributed by atoms with Gasteiger partial charge in [-0.25, -0.2) is 13.2 Å². The maximum absolute atomic E-state index is 14.2. The third-order valence-electron chi connectivity index (χ3n) is 3.58. The number of morpholine rings is 1. The van der Waals surface area contributed by atoms with Crippen LogP contribution in [0, 0.1) is 5.82 Å². The fourth-order valence-corrected chi connectivity index (χ4v) is 2.30. The summed E-state index contributed by atoms with van der Waals surface area (Å²) in [6, 6.07) is 2.81. The summed E-state index contributed by atoms with van der Waals surface area (Å²) in [6.07, 6.45) is -2.64. The van der Waals surface area contributed by atoms with Crippen LogP contribution in [0.4, 0.5) is 24.5 Å². The van der Waals surface area contributed by atoms with E-state index in [2.05, 4.69) is 10.6 Å². The van der Waals surface area contributed by atoms with Crippen molar-refractivity contribution >= 4 is 23.2 Å². The topological polar surface area (TPSA) is 96.7 Å². The van der Waals surface area contributed by atoms with Gasteiger partial charge in [-0.3, -0.25) is 14.9 Å². The second-order valence-electron chi connectivity index (χ2n) is 5.34. The molecule has 10 heteroatoms. The molecule has 0 bridgehead atoms. The molecular formula is C15H19F3N4O3. The first-order chi connectivity index (χ1) is 11.9. The maximum atomic E-state index is 14.2. The van der Waals surface area contributed by atoms with Crippen LogP contribution in [0.3, 0.4) is 0 Å². The second-order valence-corrected chi connectivity index (χ2v) is 5.34. The number of nitrogens with two attached hydrogens (primary N) is 1. The Morgan fingerprint density at radius 3 is 2.76 bits per heavy atom. The summed E-state index contributed by atoms with van der Waals surface area (Å²) in [5, 5.41) is 4.60. The molecule has 1 saturated heterocycles. The number of anilines is 2. The quantitative estimate of drug-likeness (QED) is 0.650. The van der Waals surface area contributed by atoms with Crippen molar-refractivity contribution in [3.05, 3.63) is 24.0 Å². The van der Waals surface area contributed by atoms with Crippen LogP contribution in [0.25, 0.3) is 0 Å². The highest BCUT2D eigenvalue weighted by Gasteiger charge is 2.22. The van der Waals surface area contributed by atoms with Gasteiger partial charge in [0.2, 0.25) is 5.91 Å². The normalized spacial score (nSPS) is 16.2. The molecule has 0 spiro atoms. The van der Waals surface area contributed by atoms with E-state index in [0.29, 0.717) is 18.8 Å². The summed E-state index contributed by atoms with van der Waals surface area (Å²) in [7, 11) is 0. The van der Waals surface area contributed by atoms with E-state index in [4.69, 9.17) is 10.5 Å². The van der Waals surface area contributed by atoms with Crippen LogP contribution >= 0.6 is 0 Å². The monoisotopic (exact) mass is 360 g/mol. The van der Waals surface area contributed by atoms with E-state index in [1.54, 1.807) is 0 Å². The zero-order valence-electron chi connectivity index (χ0n) is 13.3. The molecule has 1 fully saturated rings. The number of carbonyl (C=O) groups excluding carboxylic acids is 2. The molecule has 1 heterocycles. The molecule has 1 aliphatic heterocycles. The van der Waals surface area contributed by atoms with E-state index >= 15 is 0 Å². The molecule has 0 aromatic heterocycles. The number of nitrogens with one attached hydrogen (secondary N) is 2. The number of rotatable bonds is 7. The van der Waals surface area contributed by atoms with Crippen molar-refractivity contribution in [3.8, 4) is 0 Å². The van der Waals surface area contributed by atoms with Gasteiger partial charge in [-0.05, 0) is 18.2 Å². The lowest BCUT2D eigenvalue weighted by Gasteiger charge is -2.27. The summed E-state index contributed by atoms with van der Waals surface area (Å²) < 4.78 is 43.6. The number of hydrogen-bond acceptors (Lipinski definition) is 5. The predicted octanol–water partition coefficient (Wildman–Crippen LogP) is 0.309. The number of hydrogen-bond donors (Lipinski definition) is 3. The number of alkyl halides is 2. The molecule has 0 aliphatic carbocycles. The Kier molecular flexibility index (Phi) is 6.73. The Balaban J connectivity index is 2.04. The van der Waals surface area contributed by atoms with Crippen LogP contribution in [-0.2, 0) is 14.3 Å². The molecule has 1 aromatic rings. The van der Waals surface area contributed by atoms with E-state index in [9.17, 15) is 22.8 Å². The van der Waals surface area contributed by atoms with Gasteiger partial charge in [0.25, 0.3) is 12.3 Å². The minimum Gasteiger partial charge on any atom is -0.370 e. The minimum absolute atomic E-state index is 0.0753. The molecule has 7 nitrogen and oxygen atoms in total. The minimum atomic E-state index is -2.64. The highest BCUT2D eigenvalue weighted by Crippen LogP contribution is 2.23. The van der Waals surface area contributed by atoms with E-state index in [-0.39, 0.29) is 24.7 Å². The predicted molar refractivity (Wildman–Crippen MR) is 85.1 cm³/mol. The molecule has 0 saturated carbocycles. The fraction of sp³-hybridized carbons (Fsp3) is 0.467. The van der Waals surface area contributed by atoms with Crippen molar-refractivity contribution in [3.63, 3.8) is 0 Å². The largest absolute Gasteiger partial charge is 0.370 e. The van der Waals surface area contributed by atoms with Gasteiger partial charge >= 0.3 is 0 Å². The highest BCUT2D eigenvalue weighted by atomic mass is 19.3. The van der Waals surface area contributed by atoms with Gasteiger partial charge in [0.05, 0.1) is 24.9 Å². The molecule has 25 heavy (non-hydrogen) atoms. The third-order valence-corrected chi connectivity index (χ3v) is 3.58. The zero-order valence-corrected chi connectivity index (χ0v) is 13.3. The van der Waals surface area contributed by atoms with Crippen molar-refractivity contribution in [2.24, 2.45) is 5.73 Å². The van der Waals surface area contributed by atoms with Crippen LogP contribution in [0.2, 0.25) is 0 Å². The van der Waals surface area contributed by atoms with Crippen LogP contribution in [0.1, 0.15) is 0 Å². The van der Waals surface area contributed by atoms with Crippen LogP contribution in [0.15, 0.2) is 18.2 Å². The lowest BCUT2D eigenvalue weighted by Crippen LogP contribution is -2.47. The van der Waals surface area contributed by atoms with Gasteiger partial charge in [0, 0.05) is 18.8 Å². The van der Waals surface area contributed by atoms with Crippen LogP contribution in [0.5, 0.6) is 0 Å². The van der Waals surface area contributed by atoms with E-state index < -0.39 is 30.7 Å². The molecule has 4 N–H and O–H groups in total. The average Bonchev–Trinajstić information content (AvgIpc) is 2.57. The number of carbonyl (C=O) groups is 2. The molecule has 0 radical (unpaired) electrons. The lowest BCUT2D eigenvalue weighted by atomic mass is 10.2. The molecule has 1 aromatic carbocycles. The van der Waals surface area contributed by atoms with Crippen LogP contribution in [-0.4, -0.2) is 57.1 Å². The average molecular weight is 360 g/mol. The zero-order chi connectivity index (χ0) is 18.4. The van der Waals surface area contributed by atoms with Gasteiger partial charge in [0.15, 0.2) is 0 Å². The van der Waals surface area contributed by atoms with Gasteiger partial charge in [-0.1, -0.05) is 0 Å². The Morgan fingerprint density at radius 2 is 2.16 bits per heavy atom.